The molecule has 0 aliphatic rings. The molecule has 0 N–H and O–H groups in total. The zero-order chi connectivity index (χ0) is 19.7. The topological polar surface area (TPSA) is 55.2 Å². The number of thiophene rings is 2. The van der Waals surface area contributed by atoms with Crippen LogP contribution in [0.2, 0.25) is 4.34 Å². The third-order valence-electron chi connectivity index (χ3n) is 4.32. The second-order valence-electron chi connectivity index (χ2n) is 6.32. The maximum atomic E-state index is 12.8. The molecule has 1 amide bonds. The van der Waals surface area contributed by atoms with Crippen molar-refractivity contribution >= 4 is 50.4 Å². The summed E-state index contributed by atoms with van der Waals surface area (Å²) in [7, 11) is 1.71. The van der Waals surface area contributed by atoms with Gasteiger partial charge in [0.05, 0.1) is 22.7 Å². The minimum Gasteiger partial charge on any atom is -0.339 e. The summed E-state index contributed by atoms with van der Waals surface area (Å²) in [5, 5.41) is 0. The third kappa shape index (κ3) is 3.87. The molecule has 3 aromatic heterocycles. The van der Waals surface area contributed by atoms with E-state index in [1.807, 2.05) is 48.5 Å². The first-order valence-electron chi connectivity index (χ1n) is 8.54. The van der Waals surface area contributed by atoms with E-state index in [-0.39, 0.29) is 18.0 Å². The quantitative estimate of drug-likeness (QED) is 0.469. The molecule has 0 saturated heterocycles. The Balaban J connectivity index is 1.56. The highest BCUT2D eigenvalue weighted by Gasteiger charge is 2.15. The zero-order valence-corrected chi connectivity index (χ0v) is 17.4. The molecule has 3 heterocycles. The van der Waals surface area contributed by atoms with Gasteiger partial charge in [-0.25, -0.2) is 4.98 Å². The van der Waals surface area contributed by atoms with Crippen molar-refractivity contribution in [2.45, 2.75) is 13.1 Å². The Labute approximate surface area is 174 Å². The van der Waals surface area contributed by atoms with Crippen LogP contribution in [0.3, 0.4) is 0 Å². The molecule has 142 valence electrons. The Hall–Kier alpha value is -2.48. The minimum absolute atomic E-state index is 0.0457. The van der Waals surface area contributed by atoms with E-state index in [4.69, 9.17) is 11.6 Å². The van der Waals surface area contributed by atoms with Crippen LogP contribution < -0.4 is 5.56 Å². The zero-order valence-electron chi connectivity index (χ0n) is 15.0. The van der Waals surface area contributed by atoms with E-state index >= 15 is 0 Å². The molecule has 0 unspecified atom stereocenters. The van der Waals surface area contributed by atoms with Crippen LogP contribution in [0.15, 0.2) is 59.7 Å². The number of halogens is 1. The van der Waals surface area contributed by atoms with Crippen molar-refractivity contribution in [1.82, 2.24) is 14.5 Å². The molecule has 1 aromatic carbocycles. The molecule has 0 radical (unpaired) electrons. The Morgan fingerprint density at radius 3 is 2.68 bits per heavy atom. The Morgan fingerprint density at radius 2 is 1.96 bits per heavy atom. The van der Waals surface area contributed by atoms with Gasteiger partial charge in [-0.05, 0) is 23.8 Å². The van der Waals surface area contributed by atoms with Gasteiger partial charge in [-0.15, -0.1) is 22.7 Å². The summed E-state index contributed by atoms with van der Waals surface area (Å²) in [6, 6.07) is 15.5. The standard InChI is InChI=1S/C20H16ClN3O2S2/c1-23(10-14-7-8-17(21)27-14)18(25)11-24-12-22-15-9-16(28-19(15)20(24)26)13-5-3-2-4-6-13/h2-9,12H,10-11H2,1H3. The van der Waals surface area contributed by atoms with E-state index in [1.54, 1.807) is 11.9 Å². The van der Waals surface area contributed by atoms with E-state index in [9.17, 15) is 9.59 Å². The Kier molecular flexibility index (Phi) is 5.30. The molecule has 5 nitrogen and oxygen atoms in total. The van der Waals surface area contributed by atoms with Gasteiger partial charge in [0.25, 0.3) is 5.56 Å². The van der Waals surface area contributed by atoms with Crippen LogP contribution in [0.4, 0.5) is 0 Å². The first kappa shape index (κ1) is 18.9. The summed E-state index contributed by atoms with van der Waals surface area (Å²) in [4.78, 5) is 33.3. The Bertz CT molecular complexity index is 1200. The fourth-order valence-corrected chi connectivity index (χ4v) is 5.03. The van der Waals surface area contributed by atoms with Gasteiger partial charge in [0.1, 0.15) is 11.2 Å². The number of carbonyl (C=O) groups is 1. The lowest BCUT2D eigenvalue weighted by Crippen LogP contribution is -2.33. The molecule has 8 heteroatoms. The van der Waals surface area contributed by atoms with Gasteiger partial charge >= 0.3 is 0 Å². The van der Waals surface area contributed by atoms with Gasteiger partial charge in [0.15, 0.2) is 0 Å². The predicted octanol–water partition coefficient (Wildman–Crippen LogP) is 4.50. The fraction of sp³-hybridized carbons (Fsp3) is 0.150. The van der Waals surface area contributed by atoms with Crippen LogP contribution in [0.1, 0.15) is 4.88 Å². The first-order valence-corrected chi connectivity index (χ1v) is 10.5. The maximum Gasteiger partial charge on any atom is 0.271 e. The molecule has 0 spiro atoms. The lowest BCUT2D eigenvalue weighted by atomic mass is 10.2. The van der Waals surface area contributed by atoms with E-state index < -0.39 is 0 Å². The van der Waals surface area contributed by atoms with Gasteiger partial charge in [-0.3, -0.25) is 14.2 Å². The molecular formula is C20H16ClN3O2S2. The lowest BCUT2D eigenvalue weighted by molar-refractivity contribution is -0.131. The van der Waals surface area contributed by atoms with Crippen LogP contribution >= 0.6 is 34.3 Å². The van der Waals surface area contributed by atoms with E-state index in [0.717, 1.165) is 15.3 Å². The number of hydrogen-bond acceptors (Lipinski definition) is 5. The second-order valence-corrected chi connectivity index (χ2v) is 9.18. The van der Waals surface area contributed by atoms with Crippen LogP contribution in [-0.2, 0) is 17.9 Å². The summed E-state index contributed by atoms with van der Waals surface area (Å²) in [6.07, 6.45) is 1.44. The van der Waals surface area contributed by atoms with Crippen LogP contribution in [0.25, 0.3) is 20.7 Å². The summed E-state index contributed by atoms with van der Waals surface area (Å²) >= 11 is 8.77. The van der Waals surface area contributed by atoms with Crippen LogP contribution in [0, 0.1) is 0 Å². The summed E-state index contributed by atoms with van der Waals surface area (Å²) in [5.41, 5.74) is 1.50. The number of rotatable bonds is 5. The molecule has 0 aliphatic heterocycles. The molecule has 0 bridgehead atoms. The van der Waals surface area contributed by atoms with Gasteiger partial charge in [0.2, 0.25) is 5.91 Å². The molecule has 28 heavy (non-hydrogen) atoms. The first-order chi connectivity index (χ1) is 13.5. The highest BCUT2D eigenvalue weighted by atomic mass is 35.5. The van der Waals surface area contributed by atoms with Gasteiger partial charge < -0.3 is 4.90 Å². The third-order valence-corrected chi connectivity index (χ3v) is 6.69. The molecule has 0 saturated carbocycles. The molecule has 0 aliphatic carbocycles. The number of benzene rings is 1. The lowest BCUT2D eigenvalue weighted by Gasteiger charge is -2.16. The highest BCUT2D eigenvalue weighted by Crippen LogP contribution is 2.30. The van der Waals surface area contributed by atoms with Crippen molar-refractivity contribution in [3.8, 4) is 10.4 Å². The molecule has 0 atom stereocenters. The summed E-state index contributed by atoms with van der Waals surface area (Å²) in [6.45, 7) is 0.410. The van der Waals surface area contributed by atoms with Crippen molar-refractivity contribution < 1.29 is 4.79 Å². The minimum atomic E-state index is -0.196. The number of carbonyl (C=O) groups excluding carboxylic acids is 1. The largest absolute Gasteiger partial charge is 0.339 e. The van der Waals surface area contributed by atoms with E-state index in [2.05, 4.69) is 4.98 Å². The number of likely N-dealkylation sites (N-methyl/N-ethyl adjacent to an activating group) is 1. The van der Waals surface area contributed by atoms with Crippen LogP contribution in [-0.4, -0.2) is 27.4 Å². The summed E-state index contributed by atoms with van der Waals surface area (Å²) < 4.78 is 2.61. The van der Waals surface area contributed by atoms with Gasteiger partial charge in [0, 0.05) is 16.8 Å². The second kappa shape index (κ2) is 7.87. The average Bonchev–Trinajstić information content (AvgIpc) is 3.31. The van der Waals surface area contributed by atoms with E-state index in [0.29, 0.717) is 21.1 Å². The monoisotopic (exact) mass is 429 g/mol. The maximum absolute atomic E-state index is 12.8. The SMILES string of the molecule is CN(Cc1ccc(Cl)s1)C(=O)Cn1cnc2cc(-c3ccccc3)sc2c1=O. The van der Waals surface area contributed by atoms with Gasteiger partial charge in [-0.1, -0.05) is 41.9 Å². The van der Waals surface area contributed by atoms with Crippen molar-refractivity contribution in [2.75, 3.05) is 7.05 Å². The van der Waals surface area contributed by atoms with Crippen molar-refractivity contribution in [2.24, 2.45) is 0 Å². The molecular weight excluding hydrogens is 414 g/mol. The Morgan fingerprint density at radius 1 is 1.18 bits per heavy atom. The smallest absolute Gasteiger partial charge is 0.271 e. The van der Waals surface area contributed by atoms with E-state index in [1.165, 1.54) is 33.6 Å². The highest BCUT2D eigenvalue weighted by molar-refractivity contribution is 7.22. The number of amides is 1. The number of aromatic nitrogens is 2. The van der Waals surface area contributed by atoms with Crippen LogP contribution in [0.5, 0.6) is 0 Å². The summed E-state index contributed by atoms with van der Waals surface area (Å²) in [5.74, 6) is -0.160. The fourth-order valence-electron chi connectivity index (χ4n) is 2.83. The normalized spacial score (nSPS) is 11.1. The molecule has 0 fully saturated rings. The number of hydrogen-bond donors (Lipinski definition) is 0. The number of fused-ring (bicyclic) bond motifs is 1. The molecule has 4 aromatic rings. The number of nitrogens with zero attached hydrogens (tertiary/aromatic N) is 3. The predicted molar refractivity (Wildman–Crippen MR) is 115 cm³/mol. The van der Waals surface area contributed by atoms with Crippen molar-refractivity contribution in [3.63, 3.8) is 0 Å². The van der Waals surface area contributed by atoms with Gasteiger partial charge in [-0.2, -0.15) is 0 Å². The average molecular weight is 430 g/mol. The van der Waals surface area contributed by atoms with Crippen molar-refractivity contribution in [3.05, 3.63) is 74.4 Å². The van der Waals surface area contributed by atoms with Crippen molar-refractivity contribution in [1.29, 1.82) is 0 Å². The molecule has 4 rings (SSSR count).